The van der Waals surface area contributed by atoms with Crippen molar-refractivity contribution in [1.29, 1.82) is 5.26 Å². The summed E-state index contributed by atoms with van der Waals surface area (Å²) in [6.07, 6.45) is 1.63. The zero-order valence-electron chi connectivity index (χ0n) is 15.8. The van der Waals surface area contributed by atoms with Gasteiger partial charge in [0, 0.05) is 42.4 Å². The number of nitrogen functional groups attached to an aromatic ring is 1. The number of carbonyl (C=O) groups is 1. The molecule has 0 aliphatic heterocycles. The number of rotatable bonds is 7. The van der Waals surface area contributed by atoms with Crippen molar-refractivity contribution in [1.82, 2.24) is 15.3 Å². The first-order chi connectivity index (χ1) is 14.1. The molecule has 146 valence electrons. The number of carbonyl (C=O) groups excluding carboxylic acids is 1. The van der Waals surface area contributed by atoms with E-state index in [4.69, 9.17) is 15.7 Å². The number of amides is 1. The van der Waals surface area contributed by atoms with Gasteiger partial charge in [-0.2, -0.15) is 5.26 Å². The minimum Gasteiger partial charge on any atom is -0.398 e. The lowest BCUT2D eigenvalue weighted by atomic mass is 10.1. The van der Waals surface area contributed by atoms with Crippen molar-refractivity contribution in [3.63, 3.8) is 0 Å². The Morgan fingerprint density at radius 2 is 2.00 bits per heavy atom. The van der Waals surface area contributed by atoms with Gasteiger partial charge in [-0.25, -0.2) is 9.97 Å². The van der Waals surface area contributed by atoms with E-state index in [2.05, 4.69) is 26.7 Å². The molecule has 0 atom stereocenters. The van der Waals surface area contributed by atoms with Crippen LogP contribution < -0.4 is 16.4 Å². The zero-order valence-corrected chi connectivity index (χ0v) is 15.8. The van der Waals surface area contributed by atoms with Crippen molar-refractivity contribution >= 4 is 23.2 Å². The molecule has 29 heavy (non-hydrogen) atoms. The van der Waals surface area contributed by atoms with E-state index < -0.39 is 0 Å². The second kappa shape index (κ2) is 9.30. The molecule has 0 saturated carbocycles. The maximum atomic E-state index is 12.0. The summed E-state index contributed by atoms with van der Waals surface area (Å²) in [5, 5.41) is 15.0. The molecule has 0 unspecified atom stereocenters. The highest BCUT2D eigenvalue weighted by Crippen LogP contribution is 2.23. The summed E-state index contributed by atoms with van der Waals surface area (Å²) in [4.78, 5) is 20.7. The highest BCUT2D eigenvalue weighted by atomic mass is 16.5. The Morgan fingerprint density at radius 1 is 1.21 bits per heavy atom. The van der Waals surface area contributed by atoms with Gasteiger partial charge in [-0.1, -0.05) is 6.07 Å². The van der Waals surface area contributed by atoms with E-state index in [0.29, 0.717) is 41.6 Å². The molecule has 8 nitrogen and oxygen atoms in total. The largest absolute Gasteiger partial charge is 0.398 e. The Kier molecular flexibility index (Phi) is 6.35. The van der Waals surface area contributed by atoms with Crippen LogP contribution in [0.3, 0.4) is 0 Å². The third-order valence-corrected chi connectivity index (χ3v) is 4.12. The molecule has 1 amide bonds. The molecule has 0 spiro atoms. The molecule has 0 aliphatic carbocycles. The summed E-state index contributed by atoms with van der Waals surface area (Å²) in [7, 11) is 1.58. The van der Waals surface area contributed by atoms with Crippen molar-refractivity contribution < 1.29 is 9.53 Å². The van der Waals surface area contributed by atoms with Gasteiger partial charge in [0.25, 0.3) is 5.91 Å². The molecule has 3 rings (SSSR count). The lowest BCUT2D eigenvalue weighted by Crippen LogP contribution is -2.26. The summed E-state index contributed by atoms with van der Waals surface area (Å²) in [6, 6.07) is 16.0. The Bertz CT molecular complexity index is 1040. The van der Waals surface area contributed by atoms with Gasteiger partial charge < -0.3 is 21.1 Å². The predicted octanol–water partition coefficient (Wildman–Crippen LogP) is 2.72. The number of nitrogens with zero attached hydrogens (tertiary/aromatic N) is 3. The molecule has 0 aliphatic rings. The van der Waals surface area contributed by atoms with E-state index in [-0.39, 0.29) is 5.91 Å². The summed E-state index contributed by atoms with van der Waals surface area (Å²) >= 11 is 0. The second-order valence-corrected chi connectivity index (χ2v) is 6.13. The number of anilines is 3. The van der Waals surface area contributed by atoms with Crippen LogP contribution in [0.4, 0.5) is 17.3 Å². The number of nitrogens with one attached hydrogen (secondary N) is 2. The van der Waals surface area contributed by atoms with E-state index in [1.165, 1.54) is 0 Å². The van der Waals surface area contributed by atoms with E-state index in [0.717, 1.165) is 11.3 Å². The smallest absolute Gasteiger partial charge is 0.251 e. The number of aromatic nitrogens is 2. The Labute approximate surface area is 168 Å². The van der Waals surface area contributed by atoms with Gasteiger partial charge in [0.2, 0.25) is 5.95 Å². The van der Waals surface area contributed by atoms with Gasteiger partial charge in [0.1, 0.15) is 6.07 Å². The normalized spacial score (nSPS) is 10.2. The van der Waals surface area contributed by atoms with Crippen LogP contribution in [-0.2, 0) is 4.74 Å². The third kappa shape index (κ3) is 5.06. The first-order valence-electron chi connectivity index (χ1n) is 8.88. The van der Waals surface area contributed by atoms with E-state index in [1.807, 2.05) is 0 Å². The number of methoxy groups -OCH3 is 1. The van der Waals surface area contributed by atoms with Crippen molar-refractivity contribution in [3.05, 3.63) is 65.9 Å². The molecule has 8 heteroatoms. The van der Waals surface area contributed by atoms with Crippen LogP contribution in [0.25, 0.3) is 11.3 Å². The average Bonchev–Trinajstić information content (AvgIpc) is 2.75. The van der Waals surface area contributed by atoms with Gasteiger partial charge >= 0.3 is 0 Å². The quantitative estimate of drug-likeness (QED) is 0.419. The fourth-order valence-electron chi connectivity index (χ4n) is 2.59. The lowest BCUT2D eigenvalue weighted by Gasteiger charge is -2.09. The SMILES string of the molecule is COCCNC(=O)c1ccc(Nc2nccc(-c3ccc(N)c(C#N)c3)n2)cc1. The standard InChI is InChI=1S/C21H20N6O2/c1-29-11-10-24-20(28)14-2-5-17(6-3-14)26-21-25-9-8-19(27-21)15-4-7-18(23)16(12-15)13-22/h2-9,12H,10-11,23H2,1H3,(H,24,28)(H,25,26,27). The molecule has 4 N–H and O–H groups in total. The minimum absolute atomic E-state index is 0.163. The molecular weight excluding hydrogens is 368 g/mol. The molecule has 2 aromatic carbocycles. The summed E-state index contributed by atoms with van der Waals surface area (Å²) in [5.74, 6) is 0.235. The van der Waals surface area contributed by atoms with E-state index in [9.17, 15) is 4.79 Å². The van der Waals surface area contributed by atoms with E-state index >= 15 is 0 Å². The van der Waals surface area contributed by atoms with Gasteiger partial charge in [0.15, 0.2) is 0 Å². The highest BCUT2D eigenvalue weighted by Gasteiger charge is 2.08. The molecule has 3 aromatic rings. The van der Waals surface area contributed by atoms with E-state index in [1.54, 1.807) is 61.8 Å². The number of nitrogens with two attached hydrogens (primary N) is 1. The summed E-state index contributed by atoms with van der Waals surface area (Å²) < 4.78 is 4.91. The summed E-state index contributed by atoms with van der Waals surface area (Å²) in [6.45, 7) is 0.914. The second-order valence-electron chi connectivity index (χ2n) is 6.13. The molecule has 0 bridgehead atoms. The van der Waals surface area contributed by atoms with Crippen LogP contribution in [0, 0.1) is 11.3 Å². The Morgan fingerprint density at radius 3 is 2.72 bits per heavy atom. The average molecular weight is 388 g/mol. The number of hydrogen-bond acceptors (Lipinski definition) is 7. The topological polar surface area (TPSA) is 126 Å². The van der Waals surface area contributed by atoms with Gasteiger partial charge in [0.05, 0.1) is 17.9 Å². The molecule has 0 fully saturated rings. The molecule has 0 radical (unpaired) electrons. The van der Waals surface area contributed by atoms with Crippen molar-refractivity contribution in [2.45, 2.75) is 0 Å². The Balaban J connectivity index is 1.72. The molecule has 1 heterocycles. The maximum Gasteiger partial charge on any atom is 0.251 e. The van der Waals surface area contributed by atoms with Crippen molar-refractivity contribution in [2.75, 3.05) is 31.3 Å². The lowest BCUT2D eigenvalue weighted by molar-refractivity contribution is 0.0937. The Hall–Kier alpha value is -3.96. The third-order valence-electron chi connectivity index (χ3n) is 4.12. The highest BCUT2D eigenvalue weighted by molar-refractivity contribution is 5.94. The first-order valence-corrected chi connectivity index (χ1v) is 8.88. The molecular formula is C21H20N6O2. The monoisotopic (exact) mass is 388 g/mol. The zero-order chi connectivity index (χ0) is 20.6. The van der Waals surface area contributed by atoms with Crippen molar-refractivity contribution in [2.24, 2.45) is 0 Å². The van der Waals surface area contributed by atoms with Gasteiger partial charge in [-0.15, -0.1) is 0 Å². The summed E-state index contributed by atoms with van der Waals surface area (Å²) in [5.41, 5.74) is 9.32. The van der Waals surface area contributed by atoms with Gasteiger partial charge in [-0.3, -0.25) is 4.79 Å². The number of ether oxygens (including phenoxy) is 1. The van der Waals surface area contributed by atoms with Crippen molar-refractivity contribution in [3.8, 4) is 17.3 Å². The molecule has 0 saturated heterocycles. The molecule has 1 aromatic heterocycles. The van der Waals surface area contributed by atoms with Crippen LogP contribution in [0.2, 0.25) is 0 Å². The fourth-order valence-corrected chi connectivity index (χ4v) is 2.59. The number of hydrogen-bond donors (Lipinski definition) is 3. The van der Waals surface area contributed by atoms with Crippen LogP contribution in [-0.4, -0.2) is 36.1 Å². The van der Waals surface area contributed by atoms with Crippen LogP contribution in [0.15, 0.2) is 54.7 Å². The number of benzene rings is 2. The maximum absolute atomic E-state index is 12.0. The van der Waals surface area contributed by atoms with Crippen LogP contribution in [0.1, 0.15) is 15.9 Å². The van der Waals surface area contributed by atoms with Crippen LogP contribution in [0.5, 0.6) is 0 Å². The predicted molar refractivity (Wildman–Crippen MR) is 111 cm³/mol. The van der Waals surface area contributed by atoms with Gasteiger partial charge in [-0.05, 0) is 42.5 Å². The minimum atomic E-state index is -0.163. The first kappa shape index (κ1) is 19.8. The fraction of sp³-hybridized carbons (Fsp3) is 0.143. The number of nitriles is 1. The van der Waals surface area contributed by atoms with Crippen LogP contribution >= 0.6 is 0 Å².